The van der Waals surface area contributed by atoms with Crippen molar-refractivity contribution in [1.82, 2.24) is 19.8 Å². The highest BCUT2D eigenvalue weighted by atomic mass is 79.9. The molecule has 0 bridgehead atoms. The Bertz CT molecular complexity index is 1050. The number of aromatic nitrogens is 4. The Kier molecular flexibility index (Phi) is 4.06. The minimum absolute atomic E-state index is 0.144. The number of anilines is 1. The first-order valence-electron chi connectivity index (χ1n) is 7.46. The Morgan fingerprint density at radius 2 is 1.80 bits per heavy atom. The Hall–Kier alpha value is -2.58. The monoisotopic (exact) mass is 413 g/mol. The van der Waals surface area contributed by atoms with Crippen molar-refractivity contribution < 1.29 is 4.79 Å². The minimum atomic E-state index is -0.144. The molecule has 1 amide bonds. The number of hydrogen-bond acceptors (Lipinski definition) is 5. The summed E-state index contributed by atoms with van der Waals surface area (Å²) in [6, 6.07) is 14.8. The summed E-state index contributed by atoms with van der Waals surface area (Å²) in [6.07, 6.45) is 0. The molecular weight excluding hydrogens is 402 g/mol. The van der Waals surface area contributed by atoms with Gasteiger partial charge in [0.2, 0.25) is 4.96 Å². The molecule has 0 aliphatic rings. The molecule has 2 heterocycles. The number of carbonyl (C=O) groups is 1. The molecule has 0 fully saturated rings. The van der Waals surface area contributed by atoms with E-state index in [2.05, 4.69) is 36.5 Å². The molecule has 0 radical (unpaired) electrons. The van der Waals surface area contributed by atoms with Gasteiger partial charge < -0.3 is 5.32 Å². The van der Waals surface area contributed by atoms with Crippen molar-refractivity contribution in [3.05, 3.63) is 64.4 Å². The number of hydrogen-bond donors (Lipinski definition) is 1. The van der Waals surface area contributed by atoms with Crippen LogP contribution >= 0.6 is 27.3 Å². The molecule has 4 rings (SSSR count). The van der Waals surface area contributed by atoms with Crippen LogP contribution < -0.4 is 5.32 Å². The fourth-order valence-electron chi connectivity index (χ4n) is 2.33. The second-order valence-corrected chi connectivity index (χ2v) is 7.26. The van der Waals surface area contributed by atoms with Crippen molar-refractivity contribution in [2.24, 2.45) is 0 Å². The zero-order valence-corrected chi connectivity index (χ0v) is 15.5. The number of rotatable bonds is 3. The number of nitrogens with zero attached hydrogens (tertiary/aromatic N) is 4. The molecule has 4 aromatic rings. The summed E-state index contributed by atoms with van der Waals surface area (Å²) in [6.45, 7) is 1.87. The molecule has 0 spiro atoms. The molecule has 124 valence electrons. The first-order valence-corrected chi connectivity index (χ1v) is 9.07. The second kappa shape index (κ2) is 6.38. The number of aryl methyl sites for hydroxylation is 1. The number of benzene rings is 2. The summed E-state index contributed by atoms with van der Waals surface area (Å²) < 4.78 is 2.66. The molecular formula is C17H12BrN5OS. The van der Waals surface area contributed by atoms with Gasteiger partial charge in [-0.3, -0.25) is 4.79 Å². The van der Waals surface area contributed by atoms with Crippen LogP contribution in [0.4, 0.5) is 5.69 Å². The van der Waals surface area contributed by atoms with Crippen LogP contribution in [0.1, 0.15) is 16.2 Å². The molecule has 2 aromatic carbocycles. The van der Waals surface area contributed by atoms with E-state index in [1.165, 1.54) is 11.3 Å². The lowest BCUT2D eigenvalue weighted by molar-refractivity contribution is 0.102. The van der Waals surface area contributed by atoms with Crippen molar-refractivity contribution in [3.8, 4) is 10.6 Å². The van der Waals surface area contributed by atoms with E-state index in [0.29, 0.717) is 5.56 Å². The van der Waals surface area contributed by atoms with Crippen LogP contribution in [0.5, 0.6) is 0 Å². The highest BCUT2D eigenvalue weighted by Gasteiger charge is 2.11. The summed E-state index contributed by atoms with van der Waals surface area (Å²) in [5, 5.41) is 16.3. The largest absolute Gasteiger partial charge is 0.322 e. The molecule has 8 heteroatoms. The fourth-order valence-corrected chi connectivity index (χ4v) is 3.49. The van der Waals surface area contributed by atoms with E-state index in [4.69, 9.17) is 0 Å². The van der Waals surface area contributed by atoms with Gasteiger partial charge in [0.15, 0.2) is 5.82 Å². The quantitative estimate of drug-likeness (QED) is 0.546. The van der Waals surface area contributed by atoms with E-state index in [0.717, 1.165) is 31.5 Å². The van der Waals surface area contributed by atoms with Gasteiger partial charge in [-0.05, 0) is 55.5 Å². The summed E-state index contributed by atoms with van der Waals surface area (Å²) in [4.78, 5) is 13.0. The lowest BCUT2D eigenvalue weighted by Gasteiger charge is -2.06. The molecule has 0 saturated carbocycles. The smallest absolute Gasteiger partial charge is 0.255 e. The summed E-state index contributed by atoms with van der Waals surface area (Å²) in [5.74, 6) is 0.616. The first-order chi connectivity index (χ1) is 12.1. The molecule has 0 saturated heterocycles. The SMILES string of the molecule is Cc1nnc2sc(-c3ccc(NC(=O)c4ccc(Br)cc4)cc3)nn12. The van der Waals surface area contributed by atoms with Crippen LogP contribution in [0.25, 0.3) is 15.5 Å². The summed E-state index contributed by atoms with van der Waals surface area (Å²) >= 11 is 4.83. The third kappa shape index (κ3) is 3.18. The van der Waals surface area contributed by atoms with Crippen LogP contribution in [-0.4, -0.2) is 25.7 Å². The van der Waals surface area contributed by atoms with Crippen molar-refractivity contribution in [2.45, 2.75) is 6.92 Å². The van der Waals surface area contributed by atoms with Crippen LogP contribution in [0.2, 0.25) is 0 Å². The van der Waals surface area contributed by atoms with E-state index >= 15 is 0 Å². The maximum absolute atomic E-state index is 12.2. The average Bonchev–Trinajstić information content (AvgIpc) is 3.18. The van der Waals surface area contributed by atoms with E-state index < -0.39 is 0 Å². The second-order valence-electron chi connectivity index (χ2n) is 5.39. The van der Waals surface area contributed by atoms with Gasteiger partial charge in [0.25, 0.3) is 5.91 Å². The van der Waals surface area contributed by atoms with Gasteiger partial charge in [0, 0.05) is 21.3 Å². The van der Waals surface area contributed by atoms with Crippen molar-refractivity contribution in [1.29, 1.82) is 0 Å². The molecule has 1 N–H and O–H groups in total. The fraction of sp³-hybridized carbons (Fsp3) is 0.0588. The van der Waals surface area contributed by atoms with Crippen molar-refractivity contribution in [3.63, 3.8) is 0 Å². The van der Waals surface area contributed by atoms with Crippen LogP contribution in [0, 0.1) is 6.92 Å². The van der Waals surface area contributed by atoms with Gasteiger partial charge in [0.05, 0.1) is 0 Å². The van der Waals surface area contributed by atoms with Crippen LogP contribution in [0.15, 0.2) is 53.0 Å². The van der Waals surface area contributed by atoms with Gasteiger partial charge in [-0.15, -0.1) is 10.2 Å². The summed E-state index contributed by atoms with van der Waals surface area (Å²) in [5.41, 5.74) is 2.31. The highest BCUT2D eigenvalue weighted by Crippen LogP contribution is 2.26. The van der Waals surface area contributed by atoms with E-state index in [1.807, 2.05) is 43.3 Å². The van der Waals surface area contributed by atoms with Crippen molar-refractivity contribution >= 4 is 43.8 Å². The topological polar surface area (TPSA) is 72.2 Å². The predicted octanol–water partition coefficient (Wildman–Crippen LogP) is 4.18. The number of halogens is 1. The van der Waals surface area contributed by atoms with Gasteiger partial charge in [-0.25, -0.2) is 0 Å². The zero-order valence-electron chi connectivity index (χ0n) is 13.1. The third-order valence-corrected chi connectivity index (χ3v) is 5.12. The standard InChI is InChI=1S/C17H12BrN5OS/c1-10-20-21-17-23(10)22-16(25-17)12-4-8-14(9-5-12)19-15(24)11-2-6-13(18)7-3-11/h2-9H,1H3,(H,19,24). The minimum Gasteiger partial charge on any atom is -0.322 e. The van der Waals surface area contributed by atoms with E-state index in [-0.39, 0.29) is 5.91 Å². The molecule has 2 aromatic heterocycles. The number of fused-ring (bicyclic) bond motifs is 1. The van der Waals surface area contributed by atoms with Gasteiger partial charge in [-0.1, -0.05) is 27.3 Å². The molecule has 0 aliphatic carbocycles. The zero-order chi connectivity index (χ0) is 17.4. The predicted molar refractivity (Wildman–Crippen MR) is 101 cm³/mol. The Labute approximate surface area is 155 Å². The molecule has 0 atom stereocenters. The maximum Gasteiger partial charge on any atom is 0.255 e. The lowest BCUT2D eigenvalue weighted by atomic mass is 10.2. The Morgan fingerprint density at radius 3 is 2.48 bits per heavy atom. The Balaban J connectivity index is 1.53. The molecule has 0 unspecified atom stereocenters. The van der Waals surface area contributed by atoms with E-state index in [1.54, 1.807) is 16.6 Å². The molecule has 6 nitrogen and oxygen atoms in total. The van der Waals surface area contributed by atoms with Gasteiger partial charge >= 0.3 is 0 Å². The normalized spacial score (nSPS) is 11.0. The molecule has 25 heavy (non-hydrogen) atoms. The van der Waals surface area contributed by atoms with Crippen LogP contribution in [-0.2, 0) is 0 Å². The lowest BCUT2D eigenvalue weighted by Crippen LogP contribution is -2.11. The van der Waals surface area contributed by atoms with Gasteiger partial charge in [-0.2, -0.15) is 9.61 Å². The number of amides is 1. The number of nitrogens with one attached hydrogen (secondary N) is 1. The van der Waals surface area contributed by atoms with Gasteiger partial charge in [0.1, 0.15) is 5.01 Å². The third-order valence-electron chi connectivity index (χ3n) is 3.64. The van der Waals surface area contributed by atoms with E-state index in [9.17, 15) is 4.79 Å². The number of carbonyl (C=O) groups excluding carboxylic acids is 1. The summed E-state index contributed by atoms with van der Waals surface area (Å²) in [7, 11) is 0. The first kappa shape index (κ1) is 15.9. The van der Waals surface area contributed by atoms with Crippen molar-refractivity contribution in [2.75, 3.05) is 5.32 Å². The van der Waals surface area contributed by atoms with Crippen LogP contribution in [0.3, 0.4) is 0 Å². The highest BCUT2D eigenvalue weighted by molar-refractivity contribution is 9.10. The Morgan fingerprint density at radius 1 is 1.08 bits per heavy atom. The maximum atomic E-state index is 12.2. The molecule has 0 aliphatic heterocycles. The average molecular weight is 414 g/mol.